The predicted octanol–water partition coefficient (Wildman–Crippen LogP) is 3.77. The fraction of sp³-hybridized carbons (Fsp3) is 0.357. The highest BCUT2D eigenvalue weighted by Gasteiger charge is 2.10. The molecule has 0 amide bonds. The first-order chi connectivity index (χ1) is 8.60. The number of nitrogen functional groups attached to an aromatic ring is 1. The predicted molar refractivity (Wildman–Crippen MR) is 79.1 cm³/mol. The van der Waals surface area contributed by atoms with E-state index in [1.807, 2.05) is 25.3 Å². The molecule has 0 aliphatic carbocycles. The minimum absolute atomic E-state index is 0.221. The van der Waals surface area contributed by atoms with Gasteiger partial charge in [-0.25, -0.2) is 4.98 Å². The Balaban J connectivity index is 2.10. The van der Waals surface area contributed by atoms with Crippen molar-refractivity contribution in [2.24, 2.45) is 0 Å². The molecule has 2 aromatic rings. The van der Waals surface area contributed by atoms with Crippen molar-refractivity contribution in [3.05, 3.63) is 39.8 Å². The Bertz CT molecular complexity index is 534. The van der Waals surface area contributed by atoms with Gasteiger partial charge in [0, 0.05) is 22.4 Å². The van der Waals surface area contributed by atoms with Crippen molar-refractivity contribution in [1.82, 2.24) is 4.98 Å². The quantitative estimate of drug-likeness (QED) is 0.824. The van der Waals surface area contributed by atoms with Crippen LogP contribution in [-0.2, 0) is 6.42 Å². The number of nitrogens with two attached hydrogens (primary N) is 1. The Morgan fingerprint density at radius 2 is 2.22 bits per heavy atom. The molecule has 1 atom stereocenters. The number of benzene rings is 1. The van der Waals surface area contributed by atoms with Crippen molar-refractivity contribution in [3.63, 3.8) is 0 Å². The van der Waals surface area contributed by atoms with E-state index in [-0.39, 0.29) is 6.04 Å². The van der Waals surface area contributed by atoms with Crippen LogP contribution in [0.2, 0.25) is 0 Å². The Morgan fingerprint density at radius 3 is 2.83 bits per heavy atom. The zero-order valence-corrected chi connectivity index (χ0v) is 11.8. The second-order valence-electron chi connectivity index (χ2n) is 4.46. The van der Waals surface area contributed by atoms with Gasteiger partial charge in [-0.15, -0.1) is 11.3 Å². The molecule has 3 nitrogen and oxygen atoms in total. The summed E-state index contributed by atoms with van der Waals surface area (Å²) < 4.78 is 0. The lowest BCUT2D eigenvalue weighted by molar-refractivity contribution is 0.869. The van der Waals surface area contributed by atoms with Crippen LogP contribution in [0.3, 0.4) is 0 Å². The van der Waals surface area contributed by atoms with Gasteiger partial charge in [-0.3, -0.25) is 0 Å². The van der Waals surface area contributed by atoms with Gasteiger partial charge in [0.2, 0.25) is 0 Å². The lowest BCUT2D eigenvalue weighted by Gasteiger charge is -2.13. The van der Waals surface area contributed by atoms with E-state index in [1.165, 1.54) is 4.88 Å². The summed E-state index contributed by atoms with van der Waals surface area (Å²) in [5.41, 5.74) is 8.83. The van der Waals surface area contributed by atoms with Crippen LogP contribution < -0.4 is 11.1 Å². The molecule has 0 aliphatic rings. The van der Waals surface area contributed by atoms with Gasteiger partial charge in [0.1, 0.15) is 5.01 Å². The molecule has 18 heavy (non-hydrogen) atoms. The molecule has 0 fully saturated rings. The molecule has 2 rings (SSSR count). The molecule has 1 aromatic heterocycles. The maximum absolute atomic E-state index is 5.81. The SMILES string of the molecule is CCc1cnc(C(C)Nc2ccc(N)c(C)c2)s1. The summed E-state index contributed by atoms with van der Waals surface area (Å²) in [4.78, 5) is 5.78. The van der Waals surface area contributed by atoms with Crippen molar-refractivity contribution in [2.45, 2.75) is 33.2 Å². The number of nitrogens with zero attached hydrogens (tertiary/aromatic N) is 1. The smallest absolute Gasteiger partial charge is 0.115 e. The van der Waals surface area contributed by atoms with Crippen molar-refractivity contribution in [3.8, 4) is 0 Å². The van der Waals surface area contributed by atoms with Gasteiger partial charge < -0.3 is 11.1 Å². The number of aryl methyl sites for hydroxylation is 2. The van der Waals surface area contributed by atoms with E-state index in [9.17, 15) is 0 Å². The third-order valence-electron chi connectivity index (χ3n) is 2.94. The fourth-order valence-corrected chi connectivity index (χ4v) is 2.62. The molecule has 0 saturated carbocycles. The summed E-state index contributed by atoms with van der Waals surface area (Å²) in [5.74, 6) is 0. The van der Waals surface area contributed by atoms with Crippen LogP contribution >= 0.6 is 11.3 Å². The summed E-state index contributed by atoms with van der Waals surface area (Å²) in [6.07, 6.45) is 3.01. The topological polar surface area (TPSA) is 50.9 Å². The molecule has 0 spiro atoms. The van der Waals surface area contributed by atoms with Crippen LogP contribution in [0.1, 0.15) is 35.3 Å². The van der Waals surface area contributed by atoms with Crippen molar-refractivity contribution >= 4 is 22.7 Å². The minimum atomic E-state index is 0.221. The highest BCUT2D eigenvalue weighted by atomic mass is 32.1. The maximum atomic E-state index is 5.81. The maximum Gasteiger partial charge on any atom is 0.115 e. The van der Waals surface area contributed by atoms with Gasteiger partial charge in [-0.2, -0.15) is 0 Å². The van der Waals surface area contributed by atoms with E-state index in [2.05, 4.69) is 30.2 Å². The van der Waals surface area contributed by atoms with E-state index in [4.69, 9.17) is 5.73 Å². The van der Waals surface area contributed by atoms with E-state index >= 15 is 0 Å². The van der Waals surface area contributed by atoms with Gasteiger partial charge in [-0.05, 0) is 44.0 Å². The Labute approximate surface area is 112 Å². The molecule has 0 aliphatic heterocycles. The summed E-state index contributed by atoms with van der Waals surface area (Å²) in [6, 6.07) is 6.23. The van der Waals surface area contributed by atoms with Gasteiger partial charge in [0.25, 0.3) is 0 Å². The van der Waals surface area contributed by atoms with Crippen LogP contribution in [0.5, 0.6) is 0 Å². The number of thiazole rings is 1. The molecule has 1 unspecified atom stereocenters. The molecule has 0 bridgehead atoms. The third kappa shape index (κ3) is 2.82. The van der Waals surface area contributed by atoms with Crippen molar-refractivity contribution in [2.75, 3.05) is 11.1 Å². The number of hydrogen-bond acceptors (Lipinski definition) is 4. The molecule has 3 N–H and O–H groups in total. The van der Waals surface area contributed by atoms with Gasteiger partial charge in [0.05, 0.1) is 6.04 Å². The molecule has 4 heteroatoms. The molecule has 1 aromatic carbocycles. The van der Waals surface area contributed by atoms with Crippen LogP contribution in [0.4, 0.5) is 11.4 Å². The molecular formula is C14H19N3S. The third-order valence-corrected chi connectivity index (χ3v) is 4.27. The number of nitrogens with one attached hydrogen (secondary N) is 1. The van der Waals surface area contributed by atoms with E-state index in [0.717, 1.165) is 28.4 Å². The van der Waals surface area contributed by atoms with Crippen molar-refractivity contribution < 1.29 is 0 Å². The van der Waals surface area contributed by atoms with Crippen LogP contribution in [0.25, 0.3) is 0 Å². The first kappa shape index (κ1) is 12.9. The first-order valence-electron chi connectivity index (χ1n) is 6.17. The van der Waals surface area contributed by atoms with E-state index in [1.54, 1.807) is 11.3 Å². The summed E-state index contributed by atoms with van der Waals surface area (Å²) in [5, 5.41) is 4.58. The highest BCUT2D eigenvalue weighted by Crippen LogP contribution is 2.25. The first-order valence-corrected chi connectivity index (χ1v) is 6.99. The van der Waals surface area contributed by atoms with Crippen molar-refractivity contribution in [1.29, 1.82) is 0 Å². The normalized spacial score (nSPS) is 12.4. The monoisotopic (exact) mass is 261 g/mol. The van der Waals surface area contributed by atoms with Crippen LogP contribution in [0, 0.1) is 6.92 Å². The largest absolute Gasteiger partial charge is 0.399 e. The average Bonchev–Trinajstić information content (AvgIpc) is 2.82. The summed E-state index contributed by atoms with van der Waals surface area (Å²) in [7, 11) is 0. The van der Waals surface area contributed by atoms with Crippen LogP contribution in [-0.4, -0.2) is 4.98 Å². The average molecular weight is 261 g/mol. The lowest BCUT2D eigenvalue weighted by Crippen LogP contribution is -2.06. The second-order valence-corrected chi connectivity index (χ2v) is 5.60. The highest BCUT2D eigenvalue weighted by molar-refractivity contribution is 7.11. The number of hydrogen-bond donors (Lipinski definition) is 2. The Kier molecular flexibility index (Phi) is 3.87. The van der Waals surface area contributed by atoms with E-state index in [0.29, 0.717) is 0 Å². The molecular weight excluding hydrogens is 242 g/mol. The van der Waals surface area contributed by atoms with Gasteiger partial charge >= 0.3 is 0 Å². The molecule has 1 heterocycles. The molecule has 96 valence electrons. The lowest BCUT2D eigenvalue weighted by atomic mass is 10.1. The number of rotatable bonds is 4. The fourth-order valence-electron chi connectivity index (χ4n) is 1.76. The number of anilines is 2. The number of aromatic nitrogens is 1. The van der Waals surface area contributed by atoms with Gasteiger partial charge in [0.15, 0.2) is 0 Å². The standard InChI is InChI=1S/C14H19N3S/c1-4-12-8-16-14(18-12)10(3)17-11-5-6-13(15)9(2)7-11/h5-8,10,17H,4,15H2,1-3H3. The zero-order valence-electron chi connectivity index (χ0n) is 11.0. The van der Waals surface area contributed by atoms with Crippen LogP contribution in [0.15, 0.2) is 24.4 Å². The Morgan fingerprint density at radius 1 is 1.44 bits per heavy atom. The van der Waals surface area contributed by atoms with E-state index < -0.39 is 0 Å². The minimum Gasteiger partial charge on any atom is -0.399 e. The van der Waals surface area contributed by atoms with Gasteiger partial charge in [-0.1, -0.05) is 6.92 Å². The molecule has 0 saturated heterocycles. The molecule has 0 radical (unpaired) electrons. The Hall–Kier alpha value is -1.55. The summed E-state index contributed by atoms with van der Waals surface area (Å²) in [6.45, 7) is 6.30. The second kappa shape index (κ2) is 5.40. The summed E-state index contributed by atoms with van der Waals surface area (Å²) >= 11 is 1.77. The zero-order chi connectivity index (χ0) is 13.1.